The number of hydrogen-bond donors (Lipinski definition) is 2. The highest BCUT2D eigenvalue weighted by molar-refractivity contribution is 6.13. The summed E-state index contributed by atoms with van der Waals surface area (Å²) >= 11 is 0. The molecule has 0 fully saturated rings. The highest BCUT2D eigenvalue weighted by Gasteiger charge is 2.34. The van der Waals surface area contributed by atoms with E-state index in [-0.39, 0.29) is 28.4 Å². The van der Waals surface area contributed by atoms with Crippen LogP contribution in [0.5, 0.6) is 0 Å². The number of nitrogens with zero attached hydrogens (tertiary/aromatic N) is 2. The lowest BCUT2D eigenvalue weighted by molar-refractivity contribution is -0.137. The summed E-state index contributed by atoms with van der Waals surface area (Å²) in [6.45, 7) is 2.96. The summed E-state index contributed by atoms with van der Waals surface area (Å²) in [5, 5.41) is 9.41. The van der Waals surface area contributed by atoms with Crippen molar-refractivity contribution in [2.75, 3.05) is 10.6 Å². The smallest absolute Gasteiger partial charge is 0.335 e. The molecule has 0 aliphatic carbocycles. The van der Waals surface area contributed by atoms with Gasteiger partial charge in [0.2, 0.25) is 5.91 Å². The van der Waals surface area contributed by atoms with Gasteiger partial charge >= 0.3 is 6.18 Å². The predicted molar refractivity (Wildman–Crippen MR) is 116 cm³/mol. The summed E-state index contributed by atoms with van der Waals surface area (Å²) in [5.41, 5.74) is 0.0533. The summed E-state index contributed by atoms with van der Waals surface area (Å²) < 4.78 is 45.8. The van der Waals surface area contributed by atoms with Crippen LogP contribution in [0, 0.1) is 6.92 Å². The van der Waals surface area contributed by atoms with Gasteiger partial charge in [-0.05, 0) is 37.3 Å². The number of halogens is 3. The minimum Gasteiger partial charge on any atom is -0.335 e. The molecule has 0 aliphatic rings. The number of pyridine rings is 1. The van der Waals surface area contributed by atoms with Crippen molar-refractivity contribution in [1.82, 2.24) is 10.1 Å². The predicted octanol–water partition coefficient (Wildman–Crippen LogP) is 5.43. The number of rotatable bonds is 4. The van der Waals surface area contributed by atoms with E-state index in [4.69, 9.17) is 4.52 Å². The van der Waals surface area contributed by atoms with E-state index < -0.39 is 17.6 Å². The molecule has 4 rings (SSSR count). The molecule has 4 aromatic rings. The van der Waals surface area contributed by atoms with Crippen molar-refractivity contribution in [1.29, 1.82) is 0 Å². The van der Waals surface area contributed by atoms with Gasteiger partial charge in [0.15, 0.2) is 0 Å². The second-order valence-electron chi connectivity index (χ2n) is 7.26. The number of alkyl halides is 3. The molecule has 0 radical (unpaired) electrons. The molecule has 168 valence electrons. The Bertz CT molecular complexity index is 1380. The summed E-state index contributed by atoms with van der Waals surface area (Å²) in [7, 11) is 0. The van der Waals surface area contributed by atoms with Crippen LogP contribution in [0.2, 0.25) is 0 Å². The van der Waals surface area contributed by atoms with Crippen LogP contribution in [0.15, 0.2) is 59.1 Å². The van der Waals surface area contributed by atoms with Crippen LogP contribution in [0.25, 0.3) is 22.4 Å². The van der Waals surface area contributed by atoms with Gasteiger partial charge in [0.05, 0.1) is 27.9 Å². The lowest BCUT2D eigenvalue weighted by atomic mass is 10.0. The minimum absolute atomic E-state index is 0.0515. The molecule has 0 saturated heterocycles. The number of fused-ring (bicyclic) bond motifs is 1. The van der Waals surface area contributed by atoms with Crippen molar-refractivity contribution in [3.05, 3.63) is 71.4 Å². The zero-order valence-electron chi connectivity index (χ0n) is 17.4. The third-order valence-electron chi connectivity index (χ3n) is 4.81. The maximum absolute atomic E-state index is 13.6. The number of anilines is 2. The van der Waals surface area contributed by atoms with Gasteiger partial charge < -0.3 is 15.2 Å². The minimum atomic E-state index is -4.61. The van der Waals surface area contributed by atoms with Crippen molar-refractivity contribution in [2.45, 2.75) is 20.0 Å². The summed E-state index contributed by atoms with van der Waals surface area (Å²) in [5.74, 6) is -0.873. The molecule has 0 spiro atoms. The Balaban J connectivity index is 1.80. The molecule has 0 unspecified atom stereocenters. The maximum Gasteiger partial charge on any atom is 0.417 e. The van der Waals surface area contributed by atoms with E-state index in [9.17, 15) is 22.8 Å². The van der Waals surface area contributed by atoms with Crippen LogP contribution in [-0.2, 0) is 11.0 Å². The van der Waals surface area contributed by atoms with Gasteiger partial charge in [0.1, 0.15) is 0 Å². The van der Waals surface area contributed by atoms with Gasteiger partial charge in [-0.15, -0.1) is 0 Å². The summed E-state index contributed by atoms with van der Waals surface area (Å²) in [4.78, 5) is 28.6. The molecule has 2 heterocycles. The Labute approximate surface area is 185 Å². The molecule has 0 saturated carbocycles. The van der Waals surface area contributed by atoms with Crippen LogP contribution in [-0.4, -0.2) is 22.0 Å². The van der Waals surface area contributed by atoms with Crippen molar-refractivity contribution < 1.29 is 27.3 Å². The van der Waals surface area contributed by atoms with Crippen LogP contribution in [0.4, 0.5) is 24.5 Å². The van der Waals surface area contributed by atoms with E-state index in [1.54, 1.807) is 31.2 Å². The molecular weight excluding hydrogens is 437 g/mol. The highest BCUT2D eigenvalue weighted by atomic mass is 19.4. The number of carbonyl (C=O) groups excluding carboxylic acids is 2. The second kappa shape index (κ2) is 8.38. The first-order chi connectivity index (χ1) is 15.6. The van der Waals surface area contributed by atoms with Crippen LogP contribution < -0.4 is 10.6 Å². The van der Waals surface area contributed by atoms with Crippen molar-refractivity contribution >= 4 is 34.3 Å². The van der Waals surface area contributed by atoms with Gasteiger partial charge in [0, 0.05) is 23.9 Å². The second-order valence-corrected chi connectivity index (χ2v) is 7.26. The third-order valence-corrected chi connectivity index (χ3v) is 4.81. The molecule has 2 amide bonds. The fourth-order valence-electron chi connectivity index (χ4n) is 3.44. The molecule has 0 aliphatic heterocycles. The summed E-state index contributed by atoms with van der Waals surface area (Å²) in [6.07, 6.45) is -4.61. The van der Waals surface area contributed by atoms with Crippen LogP contribution >= 0.6 is 0 Å². The topological polar surface area (TPSA) is 97.1 Å². The van der Waals surface area contributed by atoms with E-state index in [2.05, 4.69) is 20.8 Å². The van der Waals surface area contributed by atoms with Crippen LogP contribution in [0.1, 0.15) is 28.5 Å². The fourth-order valence-corrected chi connectivity index (χ4v) is 3.44. The van der Waals surface area contributed by atoms with Gasteiger partial charge in [0.25, 0.3) is 11.6 Å². The average molecular weight is 454 g/mol. The van der Waals surface area contributed by atoms with E-state index in [1.807, 2.05) is 0 Å². The van der Waals surface area contributed by atoms with E-state index >= 15 is 0 Å². The lowest BCUT2D eigenvalue weighted by Crippen LogP contribution is -2.14. The Kier molecular flexibility index (Phi) is 5.59. The third kappa shape index (κ3) is 4.54. The normalized spacial score (nSPS) is 11.4. The standard InChI is InChI=1S/C23H17F3N4O3/c1-12-20-17(21(32)28-15-7-5-6-14(10-15)27-13(2)31)11-19(29-22(20)33-30-12)16-8-3-4-9-18(16)23(24,25)26/h3-11H,1-2H3,(H,27,31)(H,28,32). The maximum atomic E-state index is 13.6. The van der Waals surface area contributed by atoms with Gasteiger partial charge in [-0.1, -0.05) is 29.4 Å². The molecule has 0 atom stereocenters. The Morgan fingerprint density at radius 1 is 0.970 bits per heavy atom. The van der Waals surface area contributed by atoms with E-state index in [0.717, 1.165) is 6.07 Å². The SMILES string of the molecule is CC(=O)Nc1cccc(NC(=O)c2cc(-c3ccccc3C(F)(F)F)nc3onc(C)c23)c1. The molecule has 0 bridgehead atoms. The number of benzene rings is 2. The Morgan fingerprint density at radius 3 is 2.36 bits per heavy atom. The lowest BCUT2D eigenvalue weighted by Gasteiger charge is -2.13. The zero-order chi connectivity index (χ0) is 23.8. The molecule has 10 heteroatoms. The molecule has 2 aromatic carbocycles. The zero-order valence-corrected chi connectivity index (χ0v) is 17.4. The van der Waals surface area contributed by atoms with Gasteiger partial charge in [-0.3, -0.25) is 9.59 Å². The molecule has 7 nitrogen and oxygen atoms in total. The van der Waals surface area contributed by atoms with Gasteiger partial charge in [-0.25, -0.2) is 4.98 Å². The number of aromatic nitrogens is 2. The number of carbonyl (C=O) groups is 2. The van der Waals surface area contributed by atoms with E-state index in [0.29, 0.717) is 22.5 Å². The van der Waals surface area contributed by atoms with Crippen molar-refractivity contribution in [3.8, 4) is 11.3 Å². The number of nitrogens with one attached hydrogen (secondary N) is 2. The van der Waals surface area contributed by atoms with Gasteiger partial charge in [-0.2, -0.15) is 13.2 Å². The molecular formula is C23H17F3N4O3. The average Bonchev–Trinajstić information content (AvgIpc) is 3.13. The van der Waals surface area contributed by atoms with Crippen molar-refractivity contribution in [2.24, 2.45) is 0 Å². The Morgan fingerprint density at radius 2 is 1.67 bits per heavy atom. The van der Waals surface area contributed by atoms with E-state index in [1.165, 1.54) is 31.2 Å². The number of hydrogen-bond acceptors (Lipinski definition) is 5. The summed E-state index contributed by atoms with van der Waals surface area (Å²) in [6, 6.07) is 12.7. The highest BCUT2D eigenvalue weighted by Crippen LogP contribution is 2.37. The van der Waals surface area contributed by atoms with Crippen molar-refractivity contribution in [3.63, 3.8) is 0 Å². The number of amides is 2. The largest absolute Gasteiger partial charge is 0.417 e. The number of aryl methyl sites for hydroxylation is 1. The first-order valence-electron chi connectivity index (χ1n) is 9.76. The Hall–Kier alpha value is -4.21. The molecule has 2 N–H and O–H groups in total. The quantitative estimate of drug-likeness (QED) is 0.429. The molecule has 33 heavy (non-hydrogen) atoms. The molecule has 2 aromatic heterocycles. The fraction of sp³-hybridized carbons (Fsp3) is 0.130. The van der Waals surface area contributed by atoms with Crippen LogP contribution in [0.3, 0.4) is 0 Å². The first-order valence-corrected chi connectivity index (χ1v) is 9.76. The monoisotopic (exact) mass is 454 g/mol. The first kappa shape index (κ1) is 22.0.